The monoisotopic (exact) mass is 259 g/mol. The van der Waals surface area contributed by atoms with Crippen molar-refractivity contribution in [3.63, 3.8) is 0 Å². The summed E-state index contributed by atoms with van der Waals surface area (Å²) in [5.74, 6) is 3.73. The second-order valence-electron chi connectivity index (χ2n) is 2.55. The van der Waals surface area contributed by atoms with Gasteiger partial charge in [0.15, 0.2) is 5.82 Å². The highest BCUT2D eigenvalue weighted by atomic mass is 79.9. The first-order chi connectivity index (χ1) is 6.66. The Morgan fingerprint density at radius 3 is 2.79 bits per heavy atom. The molecule has 0 saturated heterocycles. The van der Waals surface area contributed by atoms with Gasteiger partial charge < -0.3 is 5.32 Å². The van der Waals surface area contributed by atoms with Crippen LogP contribution >= 0.6 is 15.9 Å². The molecule has 0 spiro atoms. The van der Waals surface area contributed by atoms with E-state index in [1.165, 1.54) is 12.1 Å². The molecule has 1 rings (SSSR count). The van der Waals surface area contributed by atoms with E-state index in [9.17, 15) is 8.78 Å². The zero-order valence-corrected chi connectivity index (χ0v) is 9.08. The summed E-state index contributed by atoms with van der Waals surface area (Å²) in [6.07, 6.45) is 0. The number of hydrogen-bond donors (Lipinski definition) is 1. The minimum absolute atomic E-state index is 0.199. The summed E-state index contributed by atoms with van der Waals surface area (Å²) in [5.41, 5.74) is -0.199. The Morgan fingerprint density at radius 1 is 1.43 bits per heavy atom. The largest absolute Gasteiger partial charge is 0.309 e. The molecular formula is C10H8BrF2N. The Kier molecular flexibility index (Phi) is 4.05. The first-order valence-electron chi connectivity index (χ1n) is 3.93. The normalized spacial score (nSPS) is 9.43. The minimum atomic E-state index is -0.659. The Bertz CT molecular complexity index is 393. The third-order valence-electron chi connectivity index (χ3n) is 1.52. The quantitative estimate of drug-likeness (QED) is 0.603. The fourth-order valence-corrected chi connectivity index (χ4v) is 1.19. The lowest BCUT2D eigenvalue weighted by molar-refractivity contribution is 0.573. The zero-order valence-electron chi connectivity index (χ0n) is 7.50. The number of hydrogen-bond acceptors (Lipinski definition) is 1. The first-order valence-corrected chi connectivity index (χ1v) is 4.73. The summed E-state index contributed by atoms with van der Waals surface area (Å²) >= 11 is 2.96. The van der Waals surface area contributed by atoms with E-state index in [-0.39, 0.29) is 10.0 Å². The second-order valence-corrected chi connectivity index (χ2v) is 3.40. The van der Waals surface area contributed by atoms with Crippen molar-refractivity contribution in [3.8, 4) is 11.8 Å². The van der Waals surface area contributed by atoms with Crippen LogP contribution in [-0.2, 0) is 0 Å². The van der Waals surface area contributed by atoms with Crippen LogP contribution in [0.4, 0.5) is 8.78 Å². The molecule has 14 heavy (non-hydrogen) atoms. The molecule has 1 N–H and O–H groups in total. The van der Waals surface area contributed by atoms with E-state index in [1.54, 1.807) is 7.05 Å². The maximum absolute atomic E-state index is 13.3. The molecule has 0 radical (unpaired) electrons. The van der Waals surface area contributed by atoms with E-state index in [0.29, 0.717) is 6.54 Å². The lowest BCUT2D eigenvalue weighted by Crippen LogP contribution is -2.04. The van der Waals surface area contributed by atoms with E-state index in [0.717, 1.165) is 0 Å². The van der Waals surface area contributed by atoms with Gasteiger partial charge in [0, 0.05) is 0 Å². The van der Waals surface area contributed by atoms with Crippen molar-refractivity contribution in [2.75, 3.05) is 13.6 Å². The molecular weight excluding hydrogens is 252 g/mol. The van der Waals surface area contributed by atoms with Crippen molar-refractivity contribution in [2.24, 2.45) is 0 Å². The molecule has 1 aromatic carbocycles. The molecule has 74 valence electrons. The van der Waals surface area contributed by atoms with Crippen LogP contribution < -0.4 is 5.32 Å². The van der Waals surface area contributed by atoms with E-state index in [2.05, 4.69) is 33.1 Å². The molecule has 0 saturated carbocycles. The Hall–Kier alpha value is -0.920. The standard InChI is InChI=1S/C10H8BrF2N/c1-14-6-2-3-7-9(12)5-4-8(11)10(7)13/h4-5,14H,6H2,1H3. The molecule has 0 heterocycles. The Morgan fingerprint density at radius 2 is 2.14 bits per heavy atom. The van der Waals surface area contributed by atoms with Crippen molar-refractivity contribution in [3.05, 3.63) is 33.8 Å². The lowest BCUT2D eigenvalue weighted by Gasteiger charge is -1.98. The van der Waals surface area contributed by atoms with Gasteiger partial charge in [0.1, 0.15) is 5.82 Å². The van der Waals surface area contributed by atoms with Gasteiger partial charge in [-0.05, 0) is 35.1 Å². The van der Waals surface area contributed by atoms with Crippen molar-refractivity contribution in [2.45, 2.75) is 0 Å². The SMILES string of the molecule is CNCC#Cc1c(F)ccc(Br)c1F. The molecule has 1 aromatic rings. The van der Waals surface area contributed by atoms with Crippen molar-refractivity contribution in [1.29, 1.82) is 0 Å². The van der Waals surface area contributed by atoms with Gasteiger partial charge in [0.2, 0.25) is 0 Å². The molecule has 0 aromatic heterocycles. The predicted octanol–water partition coefficient (Wildman–Crippen LogP) is 2.30. The van der Waals surface area contributed by atoms with Crippen LogP contribution in [0.3, 0.4) is 0 Å². The second kappa shape index (κ2) is 5.08. The number of rotatable bonds is 1. The van der Waals surface area contributed by atoms with E-state index < -0.39 is 11.6 Å². The highest BCUT2D eigenvalue weighted by molar-refractivity contribution is 9.10. The maximum atomic E-state index is 13.3. The van der Waals surface area contributed by atoms with Gasteiger partial charge in [0.05, 0.1) is 16.6 Å². The first kappa shape index (κ1) is 11.2. The van der Waals surface area contributed by atoms with Gasteiger partial charge in [-0.1, -0.05) is 11.8 Å². The van der Waals surface area contributed by atoms with Gasteiger partial charge >= 0.3 is 0 Å². The average Bonchev–Trinajstić information content (AvgIpc) is 2.18. The topological polar surface area (TPSA) is 12.0 Å². The van der Waals surface area contributed by atoms with Crippen molar-refractivity contribution in [1.82, 2.24) is 5.32 Å². The summed E-state index contributed by atoms with van der Waals surface area (Å²) in [7, 11) is 1.71. The summed E-state index contributed by atoms with van der Waals surface area (Å²) in [4.78, 5) is 0. The van der Waals surface area contributed by atoms with Crippen LogP contribution in [0.15, 0.2) is 16.6 Å². The molecule has 0 aliphatic rings. The van der Waals surface area contributed by atoms with Crippen molar-refractivity contribution < 1.29 is 8.78 Å². The predicted molar refractivity (Wildman–Crippen MR) is 54.9 cm³/mol. The van der Waals surface area contributed by atoms with Crippen LogP contribution in [0.25, 0.3) is 0 Å². The van der Waals surface area contributed by atoms with E-state index in [4.69, 9.17) is 0 Å². The molecule has 0 atom stereocenters. The molecule has 0 aliphatic carbocycles. The highest BCUT2D eigenvalue weighted by Crippen LogP contribution is 2.20. The van der Waals surface area contributed by atoms with E-state index in [1.807, 2.05) is 0 Å². The van der Waals surface area contributed by atoms with Crippen LogP contribution in [0, 0.1) is 23.5 Å². The Labute approximate surface area is 89.6 Å². The lowest BCUT2D eigenvalue weighted by atomic mass is 10.2. The number of nitrogens with one attached hydrogen (secondary N) is 1. The average molecular weight is 260 g/mol. The fourth-order valence-electron chi connectivity index (χ4n) is 0.863. The summed E-state index contributed by atoms with van der Waals surface area (Å²) < 4.78 is 26.6. The Balaban J connectivity index is 3.08. The molecule has 4 heteroatoms. The van der Waals surface area contributed by atoms with Crippen LogP contribution in [0.5, 0.6) is 0 Å². The maximum Gasteiger partial charge on any atom is 0.155 e. The summed E-state index contributed by atoms with van der Waals surface area (Å²) in [6.45, 7) is 0.394. The molecule has 0 unspecified atom stereocenters. The van der Waals surface area contributed by atoms with Gasteiger partial charge in [-0.25, -0.2) is 8.78 Å². The van der Waals surface area contributed by atoms with Gasteiger partial charge in [-0.3, -0.25) is 0 Å². The molecule has 0 bridgehead atoms. The molecule has 0 fully saturated rings. The van der Waals surface area contributed by atoms with E-state index >= 15 is 0 Å². The fraction of sp³-hybridized carbons (Fsp3) is 0.200. The van der Waals surface area contributed by atoms with Crippen LogP contribution in [-0.4, -0.2) is 13.6 Å². The third-order valence-corrected chi connectivity index (χ3v) is 2.13. The van der Waals surface area contributed by atoms with Gasteiger partial charge in [-0.15, -0.1) is 0 Å². The highest BCUT2D eigenvalue weighted by Gasteiger charge is 2.09. The third kappa shape index (κ3) is 2.53. The molecule has 0 aliphatic heterocycles. The zero-order chi connectivity index (χ0) is 10.6. The smallest absolute Gasteiger partial charge is 0.155 e. The van der Waals surface area contributed by atoms with Crippen LogP contribution in [0.2, 0.25) is 0 Å². The summed E-state index contributed by atoms with van der Waals surface area (Å²) in [6, 6.07) is 2.49. The number of halogens is 3. The van der Waals surface area contributed by atoms with Crippen LogP contribution in [0.1, 0.15) is 5.56 Å². The number of benzene rings is 1. The molecule has 0 amide bonds. The van der Waals surface area contributed by atoms with Crippen molar-refractivity contribution >= 4 is 15.9 Å². The van der Waals surface area contributed by atoms with Gasteiger partial charge in [-0.2, -0.15) is 0 Å². The molecule has 1 nitrogen and oxygen atoms in total. The summed E-state index contributed by atoms with van der Waals surface area (Å²) in [5, 5.41) is 2.76. The van der Waals surface area contributed by atoms with Gasteiger partial charge in [0.25, 0.3) is 0 Å². The minimum Gasteiger partial charge on any atom is -0.309 e.